The van der Waals surface area contributed by atoms with Gasteiger partial charge in [-0.15, -0.1) is 0 Å². The maximum Gasteiger partial charge on any atom is 0.156 e. The van der Waals surface area contributed by atoms with E-state index >= 15 is 0 Å². The van der Waals surface area contributed by atoms with Crippen LogP contribution in [-0.2, 0) is 4.74 Å². The van der Waals surface area contributed by atoms with Gasteiger partial charge in [-0.05, 0) is 13.0 Å². The van der Waals surface area contributed by atoms with Crippen LogP contribution in [0, 0.1) is 6.92 Å². The lowest BCUT2D eigenvalue weighted by molar-refractivity contribution is 0.122. The monoisotopic (exact) mass is 243 g/mol. The number of morpholine rings is 1. The molecule has 2 rings (SSSR count). The number of pyridine rings is 1. The molecule has 88 valence electrons. The molecule has 0 bridgehead atoms. The van der Waals surface area contributed by atoms with Crippen molar-refractivity contribution in [3.63, 3.8) is 0 Å². The Morgan fingerprint density at radius 1 is 1.50 bits per heavy atom. The topological polar surface area (TPSA) is 57.6 Å². The van der Waals surface area contributed by atoms with Crippen molar-refractivity contribution in [3.05, 3.63) is 16.9 Å². The van der Waals surface area contributed by atoms with Crippen LogP contribution in [0.3, 0.4) is 0 Å². The second kappa shape index (κ2) is 4.86. The van der Waals surface area contributed by atoms with Crippen molar-refractivity contribution in [1.29, 1.82) is 0 Å². The van der Waals surface area contributed by atoms with Gasteiger partial charge in [0.1, 0.15) is 5.69 Å². The Morgan fingerprint density at radius 3 is 2.81 bits per heavy atom. The molecular formula is C10H14ClN3O2. The van der Waals surface area contributed by atoms with E-state index in [9.17, 15) is 0 Å². The van der Waals surface area contributed by atoms with Gasteiger partial charge in [-0.25, -0.2) is 4.98 Å². The van der Waals surface area contributed by atoms with Crippen LogP contribution in [0.4, 0.5) is 11.4 Å². The van der Waals surface area contributed by atoms with Crippen molar-refractivity contribution in [2.45, 2.75) is 6.92 Å². The average Bonchev–Trinajstić information content (AvgIpc) is 2.29. The number of aromatic nitrogens is 1. The minimum Gasteiger partial charge on any atom is -0.378 e. The molecule has 0 unspecified atom stereocenters. The SMILES string of the molecule is Cc1cc(N2CCOCC2)c(NO)c(Cl)n1. The second-order valence-corrected chi connectivity index (χ2v) is 4.02. The summed E-state index contributed by atoms with van der Waals surface area (Å²) in [6.45, 7) is 4.81. The van der Waals surface area contributed by atoms with Crippen LogP contribution in [0.25, 0.3) is 0 Å². The first kappa shape index (κ1) is 11.4. The quantitative estimate of drug-likeness (QED) is 0.612. The number of nitrogens with zero attached hydrogens (tertiary/aromatic N) is 2. The molecule has 2 heterocycles. The molecular weight excluding hydrogens is 230 g/mol. The van der Waals surface area contributed by atoms with Crippen molar-refractivity contribution in [2.24, 2.45) is 0 Å². The van der Waals surface area contributed by atoms with Gasteiger partial charge in [0.15, 0.2) is 5.15 Å². The van der Waals surface area contributed by atoms with Crippen molar-refractivity contribution in [2.75, 3.05) is 36.7 Å². The number of nitrogens with one attached hydrogen (secondary N) is 1. The Kier molecular flexibility index (Phi) is 3.48. The highest BCUT2D eigenvalue weighted by molar-refractivity contribution is 6.32. The van der Waals surface area contributed by atoms with E-state index in [2.05, 4.69) is 15.4 Å². The van der Waals surface area contributed by atoms with Gasteiger partial charge < -0.3 is 9.64 Å². The van der Waals surface area contributed by atoms with Gasteiger partial charge in [0.2, 0.25) is 0 Å². The maximum atomic E-state index is 9.09. The van der Waals surface area contributed by atoms with Crippen LogP contribution >= 0.6 is 11.6 Å². The molecule has 0 amide bonds. The Bertz CT molecular complexity index is 381. The molecule has 1 aliphatic heterocycles. The average molecular weight is 244 g/mol. The van der Waals surface area contributed by atoms with Gasteiger partial charge in [-0.1, -0.05) is 11.6 Å². The molecule has 0 spiro atoms. The smallest absolute Gasteiger partial charge is 0.156 e. The van der Waals surface area contributed by atoms with Crippen LogP contribution in [-0.4, -0.2) is 36.5 Å². The van der Waals surface area contributed by atoms with E-state index in [4.69, 9.17) is 21.5 Å². The molecule has 1 saturated heterocycles. The Labute approximate surface area is 98.9 Å². The van der Waals surface area contributed by atoms with Crippen LogP contribution in [0.2, 0.25) is 5.15 Å². The molecule has 0 radical (unpaired) electrons. The zero-order chi connectivity index (χ0) is 11.5. The summed E-state index contributed by atoms with van der Waals surface area (Å²) in [7, 11) is 0. The molecule has 2 N–H and O–H groups in total. The molecule has 5 nitrogen and oxygen atoms in total. The fourth-order valence-corrected chi connectivity index (χ4v) is 2.05. The largest absolute Gasteiger partial charge is 0.378 e. The summed E-state index contributed by atoms with van der Waals surface area (Å²) in [5, 5.41) is 9.37. The number of hydrogen-bond acceptors (Lipinski definition) is 5. The highest BCUT2D eigenvalue weighted by Gasteiger charge is 2.17. The summed E-state index contributed by atoms with van der Waals surface area (Å²) in [5.74, 6) is 0. The predicted molar refractivity (Wildman–Crippen MR) is 62.4 cm³/mol. The highest BCUT2D eigenvalue weighted by Crippen LogP contribution is 2.32. The van der Waals surface area contributed by atoms with E-state index in [1.54, 1.807) is 0 Å². The second-order valence-electron chi connectivity index (χ2n) is 3.66. The van der Waals surface area contributed by atoms with E-state index in [0.29, 0.717) is 18.9 Å². The van der Waals surface area contributed by atoms with Crippen LogP contribution < -0.4 is 10.4 Å². The number of anilines is 2. The normalized spacial score (nSPS) is 16.3. The zero-order valence-corrected chi connectivity index (χ0v) is 9.79. The first-order chi connectivity index (χ1) is 7.72. The number of rotatable bonds is 2. The van der Waals surface area contributed by atoms with Gasteiger partial charge in [-0.3, -0.25) is 10.7 Å². The van der Waals surface area contributed by atoms with E-state index in [-0.39, 0.29) is 5.15 Å². The van der Waals surface area contributed by atoms with E-state index in [1.807, 2.05) is 13.0 Å². The lowest BCUT2D eigenvalue weighted by Gasteiger charge is -2.30. The Hall–Kier alpha value is -1.04. The molecule has 0 atom stereocenters. The van der Waals surface area contributed by atoms with Crippen LogP contribution in [0.1, 0.15) is 5.69 Å². The summed E-state index contributed by atoms with van der Waals surface area (Å²) in [6.07, 6.45) is 0. The highest BCUT2D eigenvalue weighted by atomic mass is 35.5. The molecule has 0 saturated carbocycles. The fraction of sp³-hybridized carbons (Fsp3) is 0.500. The van der Waals surface area contributed by atoms with Crippen molar-refractivity contribution in [1.82, 2.24) is 4.98 Å². The standard InChI is InChI=1S/C10H14ClN3O2/c1-7-6-8(9(13-15)10(11)12-7)14-2-4-16-5-3-14/h6,13,15H,2-5H2,1H3. The molecule has 1 aromatic heterocycles. The van der Waals surface area contributed by atoms with Crippen LogP contribution in [0.5, 0.6) is 0 Å². The predicted octanol–water partition coefficient (Wildman–Crippen LogP) is 1.68. The van der Waals surface area contributed by atoms with Crippen molar-refractivity contribution in [3.8, 4) is 0 Å². The third-order valence-corrected chi connectivity index (χ3v) is 2.82. The zero-order valence-electron chi connectivity index (χ0n) is 9.03. The fourth-order valence-electron chi connectivity index (χ4n) is 1.78. The first-order valence-electron chi connectivity index (χ1n) is 5.12. The Balaban J connectivity index is 2.36. The minimum absolute atomic E-state index is 0.281. The summed E-state index contributed by atoms with van der Waals surface area (Å²) in [6, 6.07) is 1.90. The summed E-state index contributed by atoms with van der Waals surface area (Å²) in [4.78, 5) is 6.20. The molecule has 0 aromatic carbocycles. The van der Waals surface area contributed by atoms with Crippen molar-refractivity contribution < 1.29 is 9.94 Å². The summed E-state index contributed by atoms with van der Waals surface area (Å²) in [5.41, 5.74) is 4.25. The molecule has 1 fully saturated rings. The lowest BCUT2D eigenvalue weighted by atomic mass is 10.2. The lowest BCUT2D eigenvalue weighted by Crippen LogP contribution is -2.36. The number of aryl methyl sites for hydroxylation is 1. The summed E-state index contributed by atoms with van der Waals surface area (Å²) < 4.78 is 5.28. The van der Waals surface area contributed by atoms with Gasteiger partial charge in [0.05, 0.1) is 18.9 Å². The molecule has 0 aliphatic carbocycles. The van der Waals surface area contributed by atoms with Gasteiger partial charge in [-0.2, -0.15) is 0 Å². The number of halogens is 1. The third kappa shape index (κ3) is 2.21. The van der Waals surface area contributed by atoms with E-state index in [0.717, 1.165) is 24.5 Å². The molecule has 6 heteroatoms. The van der Waals surface area contributed by atoms with E-state index in [1.165, 1.54) is 0 Å². The van der Waals surface area contributed by atoms with E-state index < -0.39 is 0 Å². The van der Waals surface area contributed by atoms with Gasteiger partial charge in [0, 0.05) is 18.8 Å². The molecule has 1 aliphatic rings. The molecule has 16 heavy (non-hydrogen) atoms. The minimum atomic E-state index is 0.281. The number of hydrogen-bond donors (Lipinski definition) is 2. The van der Waals surface area contributed by atoms with Crippen molar-refractivity contribution >= 4 is 23.0 Å². The van der Waals surface area contributed by atoms with Gasteiger partial charge in [0.25, 0.3) is 0 Å². The summed E-state index contributed by atoms with van der Waals surface area (Å²) >= 11 is 5.96. The Morgan fingerprint density at radius 2 is 2.19 bits per heavy atom. The molecule has 1 aromatic rings. The first-order valence-corrected chi connectivity index (χ1v) is 5.50. The number of ether oxygens (including phenoxy) is 1. The van der Waals surface area contributed by atoms with Crippen LogP contribution in [0.15, 0.2) is 6.07 Å². The maximum absolute atomic E-state index is 9.09. The third-order valence-electron chi connectivity index (χ3n) is 2.55. The van der Waals surface area contributed by atoms with Gasteiger partial charge >= 0.3 is 0 Å².